The zero-order valence-corrected chi connectivity index (χ0v) is 19.9. The second kappa shape index (κ2) is 9.78. The first-order valence-electron chi connectivity index (χ1n) is 9.95. The molecule has 0 radical (unpaired) electrons. The van der Waals surface area contributed by atoms with E-state index < -0.39 is 0 Å². The molecule has 0 spiro atoms. The van der Waals surface area contributed by atoms with Crippen LogP contribution in [0.3, 0.4) is 0 Å². The van der Waals surface area contributed by atoms with Gasteiger partial charge in [-0.05, 0) is 73.6 Å². The summed E-state index contributed by atoms with van der Waals surface area (Å²) in [4.78, 5) is 23.2. The quantitative estimate of drug-likeness (QED) is 0.553. The molecule has 1 fully saturated rings. The van der Waals surface area contributed by atoms with Crippen LogP contribution in [-0.2, 0) is 4.79 Å². The van der Waals surface area contributed by atoms with Crippen LogP contribution in [0.1, 0.15) is 38.2 Å². The summed E-state index contributed by atoms with van der Waals surface area (Å²) in [6.45, 7) is 5.98. The Hall–Kier alpha value is -2.14. The number of halogens is 1. The molecule has 1 aromatic heterocycles. The molecule has 9 heteroatoms. The number of hydrogen-bond donors (Lipinski definition) is 2. The number of aromatic nitrogens is 2. The van der Waals surface area contributed by atoms with Crippen molar-refractivity contribution in [3.63, 3.8) is 0 Å². The van der Waals surface area contributed by atoms with Gasteiger partial charge in [-0.1, -0.05) is 13.8 Å². The Bertz CT molecular complexity index is 914. The SMILES string of the molecule is COc1cc(C(C)C)c(Oc2cnc(NC(=O)C3CCN(C)CC3)nc2N)cc1I. The first-order valence-corrected chi connectivity index (χ1v) is 11.0. The molecule has 3 rings (SSSR count). The van der Waals surface area contributed by atoms with E-state index in [4.69, 9.17) is 15.2 Å². The van der Waals surface area contributed by atoms with Gasteiger partial charge in [0.15, 0.2) is 11.6 Å². The molecule has 1 aliphatic rings. The standard InChI is InChI=1S/C21H28IN5O3/c1-12(2)14-9-17(29-4)15(22)10-16(14)30-18-11-24-21(25-19(18)23)26-20(28)13-5-7-27(3)8-6-13/h9-13H,5-8H2,1-4H3,(H3,23,24,25,26,28). The van der Waals surface area contributed by atoms with Gasteiger partial charge < -0.3 is 20.1 Å². The minimum absolute atomic E-state index is 0.0306. The van der Waals surface area contributed by atoms with Crippen molar-refractivity contribution in [1.82, 2.24) is 14.9 Å². The number of hydrogen-bond acceptors (Lipinski definition) is 7. The third-order valence-electron chi connectivity index (χ3n) is 5.23. The Morgan fingerprint density at radius 1 is 1.27 bits per heavy atom. The van der Waals surface area contributed by atoms with Crippen molar-refractivity contribution in [1.29, 1.82) is 0 Å². The molecule has 1 aliphatic heterocycles. The van der Waals surface area contributed by atoms with Crippen LogP contribution in [0.2, 0.25) is 0 Å². The number of nitrogen functional groups attached to an aromatic ring is 1. The zero-order valence-electron chi connectivity index (χ0n) is 17.7. The number of piperidine rings is 1. The van der Waals surface area contributed by atoms with Gasteiger partial charge in [-0.25, -0.2) is 4.98 Å². The lowest BCUT2D eigenvalue weighted by Crippen LogP contribution is -2.36. The fourth-order valence-electron chi connectivity index (χ4n) is 3.37. The summed E-state index contributed by atoms with van der Waals surface area (Å²) in [6.07, 6.45) is 3.15. The number of carbonyl (C=O) groups is 1. The van der Waals surface area contributed by atoms with Gasteiger partial charge in [0.25, 0.3) is 0 Å². The Kier molecular flexibility index (Phi) is 7.35. The number of ether oxygens (including phenoxy) is 2. The molecule has 0 aliphatic carbocycles. The average molecular weight is 525 g/mol. The van der Waals surface area contributed by atoms with Crippen LogP contribution in [-0.4, -0.2) is 48.0 Å². The maximum atomic E-state index is 12.5. The molecule has 30 heavy (non-hydrogen) atoms. The number of benzene rings is 1. The van der Waals surface area contributed by atoms with E-state index in [1.54, 1.807) is 7.11 Å². The van der Waals surface area contributed by atoms with Gasteiger partial charge in [0.2, 0.25) is 11.9 Å². The molecular formula is C21H28IN5O3. The van der Waals surface area contributed by atoms with Crippen molar-refractivity contribution in [3.05, 3.63) is 27.5 Å². The molecule has 1 saturated heterocycles. The maximum Gasteiger partial charge on any atom is 0.231 e. The first kappa shape index (κ1) is 22.5. The second-order valence-corrected chi connectivity index (χ2v) is 8.95. The molecule has 2 heterocycles. The number of nitrogens with zero attached hydrogens (tertiary/aromatic N) is 3. The Balaban J connectivity index is 1.75. The smallest absolute Gasteiger partial charge is 0.231 e. The number of anilines is 2. The monoisotopic (exact) mass is 525 g/mol. The molecule has 1 amide bonds. The van der Waals surface area contributed by atoms with E-state index in [9.17, 15) is 4.79 Å². The molecule has 8 nitrogen and oxygen atoms in total. The highest BCUT2D eigenvalue weighted by Gasteiger charge is 2.24. The maximum absolute atomic E-state index is 12.5. The van der Waals surface area contributed by atoms with E-state index in [1.165, 1.54) is 6.20 Å². The molecule has 0 bridgehead atoms. The van der Waals surface area contributed by atoms with Crippen LogP contribution in [0.25, 0.3) is 0 Å². The molecule has 0 unspecified atom stereocenters. The summed E-state index contributed by atoms with van der Waals surface area (Å²) < 4.78 is 12.4. The van der Waals surface area contributed by atoms with Gasteiger partial charge in [0.05, 0.1) is 16.9 Å². The van der Waals surface area contributed by atoms with Gasteiger partial charge in [-0.15, -0.1) is 0 Å². The van der Waals surface area contributed by atoms with Crippen LogP contribution in [0.15, 0.2) is 18.3 Å². The fourth-order valence-corrected chi connectivity index (χ4v) is 4.03. The molecule has 0 atom stereocenters. The summed E-state index contributed by atoms with van der Waals surface area (Å²) >= 11 is 2.20. The minimum Gasteiger partial charge on any atom is -0.496 e. The Morgan fingerprint density at radius 2 is 1.97 bits per heavy atom. The number of nitrogens with one attached hydrogen (secondary N) is 1. The van der Waals surface area contributed by atoms with Crippen LogP contribution < -0.4 is 20.5 Å². The van der Waals surface area contributed by atoms with Crippen molar-refractivity contribution in [3.8, 4) is 17.2 Å². The summed E-state index contributed by atoms with van der Waals surface area (Å²) in [6, 6.07) is 3.87. The third-order valence-corrected chi connectivity index (χ3v) is 6.08. The fraction of sp³-hybridized carbons (Fsp3) is 0.476. The number of rotatable bonds is 6. The van der Waals surface area contributed by atoms with E-state index in [2.05, 4.69) is 63.7 Å². The van der Waals surface area contributed by atoms with Crippen LogP contribution in [0, 0.1) is 9.49 Å². The number of carbonyl (C=O) groups excluding carboxylic acids is 1. The predicted octanol–water partition coefficient (Wildman–Crippen LogP) is 3.87. The second-order valence-electron chi connectivity index (χ2n) is 7.79. The third kappa shape index (κ3) is 5.31. The van der Waals surface area contributed by atoms with Gasteiger partial charge in [0.1, 0.15) is 11.5 Å². The van der Waals surface area contributed by atoms with Gasteiger partial charge in [0, 0.05) is 11.5 Å². The van der Waals surface area contributed by atoms with E-state index in [0.29, 0.717) is 11.5 Å². The van der Waals surface area contributed by atoms with E-state index in [0.717, 1.165) is 40.8 Å². The normalized spacial score (nSPS) is 15.3. The lowest BCUT2D eigenvalue weighted by molar-refractivity contribution is -0.121. The van der Waals surface area contributed by atoms with Crippen molar-refractivity contribution in [2.75, 3.05) is 38.3 Å². The average Bonchev–Trinajstić information content (AvgIpc) is 2.70. The first-order chi connectivity index (χ1) is 14.3. The number of amides is 1. The Morgan fingerprint density at radius 3 is 2.57 bits per heavy atom. The highest BCUT2D eigenvalue weighted by atomic mass is 127. The number of nitrogens with two attached hydrogens (primary N) is 1. The molecule has 0 saturated carbocycles. The largest absolute Gasteiger partial charge is 0.496 e. The van der Waals surface area contributed by atoms with Crippen molar-refractivity contribution in [2.24, 2.45) is 5.92 Å². The van der Waals surface area contributed by atoms with Crippen molar-refractivity contribution < 1.29 is 14.3 Å². The van der Waals surface area contributed by atoms with E-state index in [1.807, 2.05) is 12.1 Å². The van der Waals surface area contributed by atoms with Crippen molar-refractivity contribution in [2.45, 2.75) is 32.6 Å². The lowest BCUT2D eigenvalue weighted by atomic mass is 9.96. The van der Waals surface area contributed by atoms with E-state index in [-0.39, 0.29) is 29.5 Å². The number of likely N-dealkylation sites (tertiary alicyclic amines) is 1. The van der Waals surface area contributed by atoms with Gasteiger partial charge in [-0.3, -0.25) is 10.1 Å². The van der Waals surface area contributed by atoms with E-state index >= 15 is 0 Å². The zero-order chi connectivity index (χ0) is 21.8. The summed E-state index contributed by atoms with van der Waals surface area (Å²) in [5.41, 5.74) is 7.09. The van der Waals surface area contributed by atoms with Crippen LogP contribution >= 0.6 is 22.6 Å². The molecule has 2 aromatic rings. The van der Waals surface area contributed by atoms with Crippen LogP contribution in [0.5, 0.6) is 17.2 Å². The lowest BCUT2D eigenvalue weighted by Gasteiger charge is -2.27. The van der Waals surface area contributed by atoms with Gasteiger partial charge >= 0.3 is 0 Å². The Labute approximate surface area is 190 Å². The van der Waals surface area contributed by atoms with Crippen LogP contribution in [0.4, 0.5) is 11.8 Å². The predicted molar refractivity (Wildman–Crippen MR) is 125 cm³/mol. The minimum atomic E-state index is -0.0667. The topological polar surface area (TPSA) is 103 Å². The van der Waals surface area contributed by atoms with Gasteiger partial charge in [-0.2, -0.15) is 4.98 Å². The summed E-state index contributed by atoms with van der Waals surface area (Å²) in [5, 5.41) is 2.78. The molecule has 3 N–H and O–H groups in total. The van der Waals surface area contributed by atoms with Crippen molar-refractivity contribution >= 4 is 40.3 Å². The number of methoxy groups -OCH3 is 1. The summed E-state index contributed by atoms with van der Waals surface area (Å²) in [7, 11) is 3.71. The highest BCUT2D eigenvalue weighted by Crippen LogP contribution is 2.37. The highest BCUT2D eigenvalue weighted by molar-refractivity contribution is 14.1. The molecule has 1 aromatic carbocycles. The molecule has 162 valence electrons. The molecular weight excluding hydrogens is 497 g/mol. The summed E-state index contributed by atoms with van der Waals surface area (Å²) in [5.74, 6) is 2.30.